The van der Waals surface area contributed by atoms with Gasteiger partial charge in [-0.25, -0.2) is 0 Å². The van der Waals surface area contributed by atoms with Crippen LogP contribution in [0.25, 0.3) is 0 Å². The number of furan rings is 1. The third-order valence-corrected chi connectivity index (χ3v) is 3.98. The minimum absolute atomic E-state index is 0. The summed E-state index contributed by atoms with van der Waals surface area (Å²) < 4.78 is 5.26. The highest BCUT2D eigenvalue weighted by Gasteiger charge is 2.00. The minimum Gasteiger partial charge on any atom is -0.467 e. The molecule has 0 saturated heterocycles. The molecule has 0 amide bonds. The zero-order chi connectivity index (χ0) is 14.9. The quantitative estimate of drug-likeness (QED) is 0.229. The van der Waals surface area contributed by atoms with Crippen LogP contribution in [0.15, 0.2) is 57.0 Å². The Labute approximate surface area is 157 Å². The SMILES string of the molecule is CN=C(NCCSc1ccc(Cl)cc1)NCc1ccco1.I. The molecule has 0 aliphatic carbocycles. The molecule has 120 valence electrons. The highest BCUT2D eigenvalue weighted by atomic mass is 127. The van der Waals surface area contributed by atoms with Gasteiger partial charge in [0.15, 0.2) is 5.96 Å². The van der Waals surface area contributed by atoms with Crippen molar-refractivity contribution in [3.05, 3.63) is 53.4 Å². The largest absolute Gasteiger partial charge is 0.467 e. The van der Waals surface area contributed by atoms with Crippen LogP contribution in [0.3, 0.4) is 0 Å². The molecular formula is C15H19ClIN3OS. The summed E-state index contributed by atoms with van der Waals surface area (Å²) in [6.07, 6.45) is 1.66. The summed E-state index contributed by atoms with van der Waals surface area (Å²) in [4.78, 5) is 5.38. The van der Waals surface area contributed by atoms with Gasteiger partial charge in [0, 0.05) is 29.3 Å². The van der Waals surface area contributed by atoms with Crippen LogP contribution in [-0.2, 0) is 6.54 Å². The number of halogens is 2. The lowest BCUT2D eigenvalue weighted by atomic mass is 10.4. The number of nitrogens with one attached hydrogen (secondary N) is 2. The van der Waals surface area contributed by atoms with E-state index < -0.39 is 0 Å². The number of guanidine groups is 1. The standard InChI is InChI=1S/C15H18ClN3OS.HI/c1-17-15(19-11-13-3-2-9-20-13)18-8-10-21-14-6-4-12(16)5-7-14;/h2-7,9H,8,10-11H2,1H3,(H2,17,18,19);1H. The van der Waals surface area contributed by atoms with E-state index >= 15 is 0 Å². The molecule has 0 radical (unpaired) electrons. The van der Waals surface area contributed by atoms with Crippen molar-refractivity contribution < 1.29 is 4.42 Å². The summed E-state index contributed by atoms with van der Waals surface area (Å²) >= 11 is 7.63. The smallest absolute Gasteiger partial charge is 0.191 e. The minimum atomic E-state index is 0. The zero-order valence-corrected chi connectivity index (χ0v) is 16.1. The van der Waals surface area contributed by atoms with E-state index in [1.54, 1.807) is 25.1 Å². The maximum absolute atomic E-state index is 5.86. The van der Waals surface area contributed by atoms with Gasteiger partial charge in [-0.05, 0) is 36.4 Å². The van der Waals surface area contributed by atoms with Gasteiger partial charge in [0.05, 0.1) is 12.8 Å². The molecule has 0 bridgehead atoms. The van der Waals surface area contributed by atoms with Crippen molar-refractivity contribution in [3.63, 3.8) is 0 Å². The summed E-state index contributed by atoms with van der Waals surface area (Å²) in [6.45, 7) is 1.45. The Morgan fingerprint density at radius 3 is 2.64 bits per heavy atom. The van der Waals surface area contributed by atoms with E-state index in [0.29, 0.717) is 6.54 Å². The second-order valence-electron chi connectivity index (χ2n) is 4.23. The number of thioether (sulfide) groups is 1. The van der Waals surface area contributed by atoms with E-state index in [9.17, 15) is 0 Å². The van der Waals surface area contributed by atoms with Crippen LogP contribution in [-0.4, -0.2) is 25.3 Å². The topological polar surface area (TPSA) is 49.6 Å². The molecule has 0 atom stereocenters. The third kappa shape index (κ3) is 6.93. The van der Waals surface area contributed by atoms with E-state index in [4.69, 9.17) is 16.0 Å². The zero-order valence-electron chi connectivity index (χ0n) is 12.2. The summed E-state index contributed by atoms with van der Waals surface area (Å²) in [5.74, 6) is 2.60. The molecule has 0 spiro atoms. The molecule has 0 fully saturated rings. The Bertz CT molecular complexity index is 561. The predicted octanol–water partition coefficient (Wildman–Crippen LogP) is 4.01. The molecule has 0 saturated carbocycles. The molecule has 4 nitrogen and oxygen atoms in total. The molecule has 1 aromatic heterocycles. The maximum atomic E-state index is 5.86. The fraction of sp³-hybridized carbons (Fsp3) is 0.267. The van der Waals surface area contributed by atoms with Crippen molar-refractivity contribution in [2.24, 2.45) is 4.99 Å². The lowest BCUT2D eigenvalue weighted by molar-refractivity contribution is 0.501. The first kappa shape index (κ1) is 19.2. The van der Waals surface area contributed by atoms with Gasteiger partial charge in [-0.2, -0.15) is 0 Å². The van der Waals surface area contributed by atoms with E-state index in [1.165, 1.54) is 4.90 Å². The molecule has 2 aromatic rings. The second kappa shape index (κ2) is 10.8. The van der Waals surface area contributed by atoms with Crippen molar-refractivity contribution in [1.82, 2.24) is 10.6 Å². The Hall–Kier alpha value is -0.860. The molecule has 0 unspecified atom stereocenters. The average molecular weight is 452 g/mol. The van der Waals surface area contributed by atoms with Gasteiger partial charge in [-0.15, -0.1) is 35.7 Å². The molecule has 1 heterocycles. The fourth-order valence-electron chi connectivity index (χ4n) is 1.67. The number of nitrogens with zero attached hydrogens (tertiary/aromatic N) is 1. The lowest BCUT2D eigenvalue weighted by Gasteiger charge is -2.10. The second-order valence-corrected chi connectivity index (χ2v) is 5.84. The molecule has 2 rings (SSSR count). The van der Waals surface area contributed by atoms with Gasteiger partial charge < -0.3 is 15.1 Å². The van der Waals surface area contributed by atoms with Crippen molar-refractivity contribution in [2.75, 3.05) is 19.3 Å². The van der Waals surface area contributed by atoms with Crippen molar-refractivity contribution in [2.45, 2.75) is 11.4 Å². The van der Waals surface area contributed by atoms with E-state index in [-0.39, 0.29) is 24.0 Å². The van der Waals surface area contributed by atoms with Gasteiger partial charge in [-0.1, -0.05) is 11.6 Å². The molecule has 0 aliphatic rings. The highest BCUT2D eigenvalue weighted by molar-refractivity contribution is 14.0. The van der Waals surface area contributed by atoms with Crippen molar-refractivity contribution in [3.8, 4) is 0 Å². The van der Waals surface area contributed by atoms with Crippen LogP contribution in [0.5, 0.6) is 0 Å². The van der Waals surface area contributed by atoms with Crippen LogP contribution < -0.4 is 10.6 Å². The third-order valence-electron chi connectivity index (χ3n) is 2.71. The summed E-state index contributed by atoms with van der Waals surface area (Å²) in [6, 6.07) is 11.7. The molecular weight excluding hydrogens is 433 g/mol. The summed E-state index contributed by atoms with van der Waals surface area (Å²) in [7, 11) is 1.75. The summed E-state index contributed by atoms with van der Waals surface area (Å²) in [5.41, 5.74) is 0. The first-order valence-corrected chi connectivity index (χ1v) is 7.99. The first-order chi connectivity index (χ1) is 10.3. The van der Waals surface area contributed by atoms with E-state index in [0.717, 1.165) is 29.0 Å². The van der Waals surface area contributed by atoms with Crippen molar-refractivity contribution >= 4 is 53.3 Å². The van der Waals surface area contributed by atoms with Crippen LogP contribution in [0, 0.1) is 0 Å². The van der Waals surface area contributed by atoms with E-state index in [2.05, 4.69) is 15.6 Å². The number of rotatable bonds is 6. The van der Waals surface area contributed by atoms with E-state index in [1.807, 2.05) is 36.4 Å². The molecule has 2 N–H and O–H groups in total. The van der Waals surface area contributed by atoms with Crippen molar-refractivity contribution in [1.29, 1.82) is 0 Å². The Morgan fingerprint density at radius 2 is 2.00 bits per heavy atom. The van der Waals surface area contributed by atoms with Gasteiger partial charge in [-0.3, -0.25) is 4.99 Å². The Morgan fingerprint density at radius 1 is 1.23 bits per heavy atom. The van der Waals surface area contributed by atoms with Crippen LogP contribution >= 0.6 is 47.3 Å². The van der Waals surface area contributed by atoms with Gasteiger partial charge in [0.25, 0.3) is 0 Å². The van der Waals surface area contributed by atoms with Gasteiger partial charge in [0.1, 0.15) is 5.76 Å². The molecule has 1 aromatic carbocycles. The molecule has 22 heavy (non-hydrogen) atoms. The number of aliphatic imine (C=N–C) groups is 1. The molecule has 7 heteroatoms. The number of hydrogen-bond acceptors (Lipinski definition) is 3. The summed E-state index contributed by atoms with van der Waals surface area (Å²) in [5, 5.41) is 7.22. The van der Waals surface area contributed by atoms with Gasteiger partial charge in [0.2, 0.25) is 0 Å². The monoisotopic (exact) mass is 451 g/mol. The van der Waals surface area contributed by atoms with Crippen LogP contribution in [0.4, 0.5) is 0 Å². The number of hydrogen-bond donors (Lipinski definition) is 2. The van der Waals surface area contributed by atoms with Gasteiger partial charge >= 0.3 is 0 Å². The predicted molar refractivity (Wildman–Crippen MR) is 105 cm³/mol. The lowest BCUT2D eigenvalue weighted by Crippen LogP contribution is -2.37. The fourth-order valence-corrected chi connectivity index (χ4v) is 2.57. The average Bonchev–Trinajstić information content (AvgIpc) is 3.02. The first-order valence-electron chi connectivity index (χ1n) is 6.63. The Kier molecular flexibility index (Phi) is 9.42. The molecule has 0 aliphatic heterocycles. The van der Waals surface area contributed by atoms with Crippen LogP contribution in [0.1, 0.15) is 5.76 Å². The maximum Gasteiger partial charge on any atom is 0.191 e. The number of benzene rings is 1. The normalized spacial score (nSPS) is 10.9. The van der Waals surface area contributed by atoms with Crippen LogP contribution in [0.2, 0.25) is 5.02 Å². The highest BCUT2D eigenvalue weighted by Crippen LogP contribution is 2.19. The Balaban J connectivity index is 0.00000242.